The third-order valence-electron chi connectivity index (χ3n) is 0.826. The number of hydrazine groups is 1. The zero-order chi connectivity index (χ0) is 6.69. The van der Waals surface area contributed by atoms with Crippen LogP contribution in [-0.4, -0.2) is 10.3 Å². The second-order valence-electron chi connectivity index (χ2n) is 1.39. The fourth-order valence-electron chi connectivity index (χ4n) is 0.400. The van der Waals surface area contributed by atoms with Gasteiger partial charge in [-0.2, -0.15) is 0 Å². The minimum atomic E-state index is -0.302. The van der Waals surface area contributed by atoms with Gasteiger partial charge in [-0.15, -0.1) is 0 Å². The molecule has 0 aliphatic carbocycles. The van der Waals surface area contributed by atoms with Gasteiger partial charge in [0.05, 0.1) is 11.8 Å². The highest BCUT2D eigenvalue weighted by Gasteiger charge is 2.01. The highest BCUT2D eigenvalue weighted by molar-refractivity contribution is 7.03. The van der Waals surface area contributed by atoms with Gasteiger partial charge >= 0.3 is 0 Å². The molecule has 0 fully saturated rings. The number of hydrogen-bond donors (Lipinski definition) is 2. The standard InChI is InChI=1S/C4H5N3OS/c5-7-4(8)3-1-6-9-2-3/h1-2H,5H2,(H,7,8). The first kappa shape index (κ1) is 6.18. The third-order valence-corrected chi connectivity index (χ3v) is 1.41. The number of nitrogens with one attached hydrogen (secondary N) is 1. The second-order valence-corrected chi connectivity index (χ2v) is 2.04. The minimum Gasteiger partial charge on any atom is -0.290 e. The van der Waals surface area contributed by atoms with Gasteiger partial charge in [0.15, 0.2) is 0 Å². The van der Waals surface area contributed by atoms with Crippen LogP contribution in [0.5, 0.6) is 0 Å². The first-order valence-corrected chi connectivity index (χ1v) is 3.08. The van der Waals surface area contributed by atoms with Crippen molar-refractivity contribution in [3.63, 3.8) is 0 Å². The monoisotopic (exact) mass is 143 g/mol. The lowest BCUT2D eigenvalue weighted by Gasteiger charge is -1.89. The summed E-state index contributed by atoms with van der Waals surface area (Å²) in [5.74, 6) is 4.54. The topological polar surface area (TPSA) is 68.0 Å². The number of carbonyl (C=O) groups is 1. The molecule has 1 aromatic heterocycles. The minimum absolute atomic E-state index is 0.302. The molecule has 1 heterocycles. The van der Waals surface area contributed by atoms with Crippen LogP contribution in [-0.2, 0) is 0 Å². The number of nitrogen functional groups attached to an aromatic ring is 1. The van der Waals surface area contributed by atoms with Crippen molar-refractivity contribution in [2.24, 2.45) is 5.84 Å². The molecule has 1 aromatic rings. The van der Waals surface area contributed by atoms with Crippen LogP contribution in [0.15, 0.2) is 11.6 Å². The highest BCUT2D eigenvalue weighted by atomic mass is 32.1. The Balaban J connectivity index is 2.77. The summed E-state index contributed by atoms with van der Waals surface area (Å²) >= 11 is 1.22. The van der Waals surface area contributed by atoms with Gasteiger partial charge in [-0.1, -0.05) is 0 Å². The van der Waals surface area contributed by atoms with Crippen molar-refractivity contribution in [3.05, 3.63) is 17.1 Å². The molecule has 0 radical (unpaired) electrons. The van der Waals surface area contributed by atoms with E-state index in [4.69, 9.17) is 5.84 Å². The van der Waals surface area contributed by atoms with Crippen molar-refractivity contribution in [2.45, 2.75) is 0 Å². The van der Waals surface area contributed by atoms with E-state index in [-0.39, 0.29) is 5.91 Å². The number of aromatic nitrogens is 1. The molecule has 0 unspecified atom stereocenters. The van der Waals surface area contributed by atoms with E-state index >= 15 is 0 Å². The number of rotatable bonds is 1. The van der Waals surface area contributed by atoms with Crippen LogP contribution in [0, 0.1) is 0 Å². The number of carbonyl (C=O) groups excluding carboxylic acids is 1. The molecule has 1 rings (SSSR count). The van der Waals surface area contributed by atoms with E-state index in [2.05, 4.69) is 4.37 Å². The molecule has 0 saturated carbocycles. The van der Waals surface area contributed by atoms with Crippen LogP contribution in [0.3, 0.4) is 0 Å². The molecule has 0 atom stereocenters. The Labute approximate surface area is 55.8 Å². The lowest BCUT2D eigenvalue weighted by atomic mass is 10.4. The summed E-state index contributed by atoms with van der Waals surface area (Å²) in [6, 6.07) is 0. The predicted octanol–water partition coefficient (Wildman–Crippen LogP) is -0.253. The normalized spacial score (nSPS) is 9.00. The molecule has 9 heavy (non-hydrogen) atoms. The SMILES string of the molecule is NNC(=O)c1cnsc1. The summed E-state index contributed by atoms with van der Waals surface area (Å²) in [5.41, 5.74) is 2.50. The lowest BCUT2D eigenvalue weighted by molar-refractivity contribution is 0.0954. The van der Waals surface area contributed by atoms with Crippen molar-refractivity contribution in [3.8, 4) is 0 Å². The van der Waals surface area contributed by atoms with Crippen molar-refractivity contribution in [1.82, 2.24) is 9.80 Å². The van der Waals surface area contributed by atoms with Crippen LogP contribution >= 0.6 is 11.5 Å². The van der Waals surface area contributed by atoms with Gasteiger partial charge < -0.3 is 0 Å². The Morgan fingerprint density at radius 1 is 1.89 bits per heavy atom. The second kappa shape index (κ2) is 2.56. The molecule has 3 N–H and O–H groups in total. The molecule has 0 bridgehead atoms. The van der Waals surface area contributed by atoms with E-state index in [0.29, 0.717) is 5.56 Å². The number of nitrogens with two attached hydrogens (primary N) is 1. The molecular weight excluding hydrogens is 138 g/mol. The van der Waals surface area contributed by atoms with Crippen LogP contribution in [0.4, 0.5) is 0 Å². The molecule has 0 aliphatic rings. The summed E-state index contributed by atoms with van der Waals surface area (Å²) < 4.78 is 3.72. The molecule has 1 amide bonds. The molecule has 5 heteroatoms. The average molecular weight is 143 g/mol. The van der Waals surface area contributed by atoms with E-state index in [9.17, 15) is 4.79 Å². The van der Waals surface area contributed by atoms with Gasteiger partial charge in [0.2, 0.25) is 0 Å². The molecule has 0 spiro atoms. The van der Waals surface area contributed by atoms with Crippen molar-refractivity contribution >= 4 is 17.4 Å². The molecule has 0 saturated heterocycles. The number of amides is 1. The van der Waals surface area contributed by atoms with Crippen molar-refractivity contribution in [2.75, 3.05) is 0 Å². The van der Waals surface area contributed by atoms with E-state index in [1.807, 2.05) is 5.43 Å². The molecule has 48 valence electrons. The lowest BCUT2D eigenvalue weighted by Crippen LogP contribution is -2.29. The van der Waals surface area contributed by atoms with Crippen LogP contribution in [0.1, 0.15) is 10.4 Å². The van der Waals surface area contributed by atoms with Crippen molar-refractivity contribution < 1.29 is 4.79 Å². The summed E-state index contributed by atoms with van der Waals surface area (Å²) in [5, 5.41) is 1.63. The van der Waals surface area contributed by atoms with Gasteiger partial charge in [-0.3, -0.25) is 10.2 Å². The largest absolute Gasteiger partial charge is 0.290 e. The Bertz CT molecular complexity index is 196. The van der Waals surface area contributed by atoms with Crippen LogP contribution in [0.25, 0.3) is 0 Å². The molecule has 0 aliphatic heterocycles. The van der Waals surface area contributed by atoms with Crippen molar-refractivity contribution in [1.29, 1.82) is 0 Å². The maximum absolute atomic E-state index is 10.6. The van der Waals surface area contributed by atoms with Gasteiger partial charge in [-0.25, -0.2) is 10.2 Å². The first-order chi connectivity index (χ1) is 4.34. The summed E-state index contributed by atoms with van der Waals surface area (Å²) in [6.07, 6.45) is 1.47. The Kier molecular flexibility index (Phi) is 1.76. The van der Waals surface area contributed by atoms with Crippen LogP contribution in [0.2, 0.25) is 0 Å². The Morgan fingerprint density at radius 3 is 3.11 bits per heavy atom. The van der Waals surface area contributed by atoms with Gasteiger partial charge in [0.1, 0.15) is 0 Å². The zero-order valence-electron chi connectivity index (χ0n) is 4.50. The number of hydrogen-bond acceptors (Lipinski definition) is 4. The smallest absolute Gasteiger partial charge is 0.267 e. The van der Waals surface area contributed by atoms with E-state index in [1.165, 1.54) is 17.7 Å². The van der Waals surface area contributed by atoms with E-state index in [0.717, 1.165) is 0 Å². The van der Waals surface area contributed by atoms with Gasteiger partial charge in [0.25, 0.3) is 5.91 Å². The fourth-order valence-corrected chi connectivity index (χ4v) is 0.917. The number of nitrogens with zero attached hydrogens (tertiary/aromatic N) is 1. The quantitative estimate of drug-likeness (QED) is 0.323. The first-order valence-electron chi connectivity index (χ1n) is 2.25. The summed E-state index contributed by atoms with van der Waals surface area (Å²) in [6.45, 7) is 0. The maximum atomic E-state index is 10.6. The van der Waals surface area contributed by atoms with E-state index < -0.39 is 0 Å². The predicted molar refractivity (Wildman–Crippen MR) is 33.8 cm³/mol. The summed E-state index contributed by atoms with van der Waals surface area (Å²) in [4.78, 5) is 10.6. The van der Waals surface area contributed by atoms with Gasteiger partial charge in [0, 0.05) is 5.38 Å². The van der Waals surface area contributed by atoms with E-state index in [1.54, 1.807) is 5.38 Å². The molecular formula is C4H5N3OS. The Morgan fingerprint density at radius 2 is 2.67 bits per heavy atom. The van der Waals surface area contributed by atoms with Gasteiger partial charge in [-0.05, 0) is 11.5 Å². The maximum Gasteiger partial charge on any atom is 0.267 e. The highest BCUT2D eigenvalue weighted by Crippen LogP contribution is 1.99. The third kappa shape index (κ3) is 1.24. The Hall–Kier alpha value is -0.940. The average Bonchev–Trinajstić information content (AvgIpc) is 2.37. The molecule has 4 nitrogen and oxygen atoms in total. The fraction of sp³-hybridized carbons (Fsp3) is 0. The van der Waals surface area contributed by atoms with Crippen LogP contribution < -0.4 is 11.3 Å². The summed E-state index contributed by atoms with van der Waals surface area (Å²) in [7, 11) is 0. The zero-order valence-corrected chi connectivity index (χ0v) is 5.31. The molecule has 0 aromatic carbocycles.